The fraction of sp³-hybridized carbons (Fsp3) is 0.341. The van der Waals surface area contributed by atoms with Crippen molar-refractivity contribution in [3.8, 4) is 29.1 Å². The van der Waals surface area contributed by atoms with Crippen LogP contribution in [0.3, 0.4) is 0 Å². The molecule has 4 aromatic carbocycles. The van der Waals surface area contributed by atoms with E-state index in [1.54, 1.807) is 69.7 Å². The van der Waals surface area contributed by atoms with Gasteiger partial charge in [-0.25, -0.2) is 27.0 Å². The number of ether oxygens (including phenoxy) is 5. The Balaban J connectivity index is 1.10. The zero-order chi connectivity index (χ0) is 46.8. The Morgan fingerprint density at radius 1 is 0.800 bits per heavy atom. The van der Waals surface area contributed by atoms with E-state index in [9.17, 15) is 31.9 Å². The number of benzene rings is 4. The van der Waals surface area contributed by atoms with E-state index in [0.717, 1.165) is 40.7 Å². The Morgan fingerprint density at radius 2 is 1.34 bits per heavy atom. The Bertz CT molecular complexity index is 2500. The summed E-state index contributed by atoms with van der Waals surface area (Å²) < 4.78 is 88.0. The number of alkyl carbamates (subject to hydrolysis) is 2. The Hall–Kier alpha value is -5.94. The molecule has 0 aliphatic carbocycles. The summed E-state index contributed by atoms with van der Waals surface area (Å²) in [6, 6.07) is 24.2. The average molecular weight is 956 g/mol. The van der Waals surface area contributed by atoms with E-state index in [1.807, 2.05) is 24.3 Å². The van der Waals surface area contributed by atoms with Crippen LogP contribution in [-0.2, 0) is 37.3 Å². The van der Waals surface area contributed by atoms with Gasteiger partial charge in [0.2, 0.25) is 0 Å². The maximum Gasteiger partial charge on any atom is 0.407 e. The number of fused-ring (bicyclic) bond motifs is 1. The Kier molecular flexibility index (Phi) is 18.8. The molecule has 348 valence electrons. The molecule has 0 radical (unpaired) electrons. The highest BCUT2D eigenvalue weighted by atomic mass is 32.2. The van der Waals surface area contributed by atoms with Crippen LogP contribution in [-0.4, -0.2) is 90.2 Å². The molecular weight excluding hydrogens is 905 g/mol. The average Bonchev–Trinajstić information content (AvgIpc) is 3.64. The summed E-state index contributed by atoms with van der Waals surface area (Å²) in [5.41, 5.74) is 1.78. The van der Waals surface area contributed by atoms with Gasteiger partial charge in [0.15, 0.2) is 0 Å². The van der Waals surface area contributed by atoms with Crippen LogP contribution in [0.25, 0.3) is 10.1 Å². The van der Waals surface area contributed by atoms with Gasteiger partial charge in [0.25, 0.3) is 10.0 Å². The number of amides is 2. The molecule has 1 unspecified atom stereocenters. The molecule has 1 atom stereocenters. The van der Waals surface area contributed by atoms with Crippen LogP contribution in [0.2, 0.25) is 0 Å². The molecule has 0 saturated carbocycles. The number of carbonyl (C=O) groups is 2. The number of methoxy groups -OCH3 is 2. The number of nitriles is 1. The van der Waals surface area contributed by atoms with Gasteiger partial charge < -0.3 is 48.6 Å². The molecule has 5 rings (SSSR count). The predicted molar refractivity (Wildman–Crippen MR) is 241 cm³/mol. The number of nitrogens with zero attached hydrogens (tertiary/aromatic N) is 2. The fourth-order valence-electron chi connectivity index (χ4n) is 6.24. The number of rotatable bonds is 25. The van der Waals surface area contributed by atoms with Crippen LogP contribution in [0, 0.1) is 24.1 Å². The molecule has 0 aliphatic heterocycles. The first-order valence-electron chi connectivity index (χ1n) is 20.3. The molecule has 0 fully saturated rings. The highest BCUT2D eigenvalue weighted by Gasteiger charge is 2.28. The lowest BCUT2D eigenvalue weighted by Gasteiger charge is -2.22. The maximum absolute atomic E-state index is 14.0. The molecule has 1 heterocycles. The molecular formula is C44H51FN5O12PS2. The molecule has 0 spiro atoms. The van der Waals surface area contributed by atoms with Gasteiger partial charge >= 0.3 is 19.8 Å². The normalized spacial score (nSPS) is 12.2. The second-order valence-electron chi connectivity index (χ2n) is 14.4. The van der Waals surface area contributed by atoms with Crippen molar-refractivity contribution in [1.29, 1.82) is 5.26 Å². The first kappa shape index (κ1) is 50.1. The topological polar surface area (TPSA) is 224 Å². The van der Waals surface area contributed by atoms with Gasteiger partial charge in [-0.05, 0) is 111 Å². The second-order valence-corrected chi connectivity index (χ2v) is 19.2. The zero-order valence-electron chi connectivity index (χ0n) is 36.0. The second kappa shape index (κ2) is 24.4. The molecule has 0 aliphatic rings. The van der Waals surface area contributed by atoms with Crippen molar-refractivity contribution in [1.82, 2.24) is 20.3 Å². The van der Waals surface area contributed by atoms with Crippen LogP contribution in [0.1, 0.15) is 41.5 Å². The van der Waals surface area contributed by atoms with Gasteiger partial charge in [0.1, 0.15) is 58.6 Å². The number of hydrogen-bond donors (Lipinski definition) is 4. The summed E-state index contributed by atoms with van der Waals surface area (Å²) >= 11 is 0.979. The smallest absolute Gasteiger partial charge is 0.407 e. The molecule has 21 heteroatoms. The lowest BCUT2D eigenvalue weighted by molar-refractivity contribution is 0.139. The largest absolute Gasteiger partial charge is 0.497 e. The number of sulfonamides is 1. The van der Waals surface area contributed by atoms with Crippen molar-refractivity contribution >= 4 is 51.2 Å². The number of halogens is 1. The van der Waals surface area contributed by atoms with E-state index >= 15 is 0 Å². The summed E-state index contributed by atoms with van der Waals surface area (Å²) in [5, 5.41) is 15.1. The highest BCUT2D eigenvalue weighted by molar-refractivity contribution is 7.92. The van der Waals surface area contributed by atoms with Crippen molar-refractivity contribution in [3.05, 3.63) is 113 Å². The van der Waals surface area contributed by atoms with E-state index in [0.29, 0.717) is 91.5 Å². The standard InChI is InChI=1S/C44H51FN5O12PS2/c1-31-39-25-37(17-18-41(39)64-42(31)65(55,56)49-30-63(53,54)62-38-16-11-34(27-46)40(45)26-38)59-24-6-23-50(21-4-19-47-43(51)60-28-32-7-12-35(57-2)13-8-32)22-5-20-48-44(52)61-29-33-9-14-36(58-3)15-10-33/h7-18,25-26,49H,4-6,19-24,28-30H2,1-3H3,(H,47,51)(H,48,52)(H,53,54). The van der Waals surface area contributed by atoms with Crippen molar-refractivity contribution in [2.75, 3.05) is 59.8 Å². The Labute approximate surface area is 380 Å². The number of thiophene rings is 1. The lowest BCUT2D eigenvalue weighted by Crippen LogP contribution is -2.34. The minimum atomic E-state index is -4.62. The van der Waals surface area contributed by atoms with Crippen molar-refractivity contribution in [2.24, 2.45) is 0 Å². The minimum absolute atomic E-state index is 0.0651. The third-order valence-electron chi connectivity index (χ3n) is 9.66. The first-order valence-corrected chi connectivity index (χ1v) is 24.4. The summed E-state index contributed by atoms with van der Waals surface area (Å²) in [6.45, 7) is 4.85. The molecule has 2 amide bonds. The third-order valence-corrected chi connectivity index (χ3v) is 14.2. The third kappa shape index (κ3) is 15.9. The van der Waals surface area contributed by atoms with Gasteiger partial charge in [-0.3, -0.25) is 0 Å². The number of nitrogens with one attached hydrogen (secondary N) is 3. The molecule has 0 saturated heterocycles. The van der Waals surface area contributed by atoms with Crippen LogP contribution in [0.4, 0.5) is 14.0 Å². The van der Waals surface area contributed by atoms with Crippen LogP contribution in [0.15, 0.2) is 89.1 Å². The molecule has 65 heavy (non-hydrogen) atoms. The van der Waals surface area contributed by atoms with E-state index < -0.39 is 41.9 Å². The molecule has 0 bridgehead atoms. The molecule has 1 aromatic heterocycles. The van der Waals surface area contributed by atoms with Crippen LogP contribution >= 0.6 is 18.9 Å². The van der Waals surface area contributed by atoms with Crippen molar-refractivity contribution < 1.29 is 60.1 Å². The highest BCUT2D eigenvalue weighted by Crippen LogP contribution is 2.43. The zero-order valence-corrected chi connectivity index (χ0v) is 38.6. The fourth-order valence-corrected chi connectivity index (χ4v) is 10.5. The predicted octanol–water partition coefficient (Wildman–Crippen LogP) is 7.44. The van der Waals surface area contributed by atoms with Crippen LogP contribution < -0.4 is 34.1 Å². The van der Waals surface area contributed by atoms with Crippen molar-refractivity contribution in [2.45, 2.75) is 43.6 Å². The van der Waals surface area contributed by atoms with E-state index in [1.165, 1.54) is 0 Å². The lowest BCUT2D eigenvalue weighted by atomic mass is 10.2. The van der Waals surface area contributed by atoms with Gasteiger partial charge in [-0.2, -0.15) is 9.98 Å². The summed E-state index contributed by atoms with van der Waals surface area (Å²) in [4.78, 5) is 37.2. The minimum Gasteiger partial charge on any atom is -0.497 e. The van der Waals surface area contributed by atoms with E-state index in [-0.39, 0.29) is 28.7 Å². The van der Waals surface area contributed by atoms with Gasteiger partial charge in [0.05, 0.1) is 26.4 Å². The SMILES string of the molecule is COc1ccc(COC(=O)NCCCN(CCCNC(=O)OCc2ccc(OC)cc2)CCCOc2ccc3sc(S(=O)(=O)NCP(=O)(O)Oc4ccc(C#N)c(F)c4)c(C)c3c2)cc1. The number of aryl methyl sites for hydroxylation is 1. The summed E-state index contributed by atoms with van der Waals surface area (Å²) in [7, 11) is -5.74. The van der Waals surface area contributed by atoms with Gasteiger partial charge in [-0.15, -0.1) is 11.3 Å². The number of carbonyl (C=O) groups excluding carboxylic acids is 2. The monoisotopic (exact) mass is 955 g/mol. The van der Waals surface area contributed by atoms with Gasteiger partial charge in [-0.1, -0.05) is 24.3 Å². The molecule has 17 nitrogen and oxygen atoms in total. The summed E-state index contributed by atoms with van der Waals surface area (Å²) in [5.74, 6) is 0.630. The van der Waals surface area contributed by atoms with Crippen LogP contribution in [0.5, 0.6) is 23.0 Å². The quantitative estimate of drug-likeness (QED) is 0.0330. The first-order chi connectivity index (χ1) is 31.2. The molecule has 5 aromatic rings. The summed E-state index contributed by atoms with van der Waals surface area (Å²) in [6.07, 6.45) is -0.167. The van der Waals surface area contributed by atoms with E-state index in [2.05, 4.69) is 20.3 Å². The van der Waals surface area contributed by atoms with Gasteiger partial charge in [0, 0.05) is 35.8 Å². The van der Waals surface area contributed by atoms with Crippen molar-refractivity contribution in [3.63, 3.8) is 0 Å². The molecule has 4 N–H and O–H groups in total. The maximum atomic E-state index is 14.0. The number of hydrogen-bond acceptors (Lipinski definition) is 14. The Morgan fingerprint density at radius 3 is 1.88 bits per heavy atom. The van der Waals surface area contributed by atoms with E-state index in [4.69, 9.17) is 33.5 Å².